The van der Waals surface area contributed by atoms with Gasteiger partial charge in [-0.05, 0) is 51.2 Å². The van der Waals surface area contributed by atoms with Crippen molar-refractivity contribution >= 4 is 0 Å². The maximum absolute atomic E-state index is 3.85. The van der Waals surface area contributed by atoms with E-state index in [4.69, 9.17) is 0 Å². The first-order chi connectivity index (χ1) is 8.74. The van der Waals surface area contributed by atoms with Crippen molar-refractivity contribution in [1.29, 1.82) is 0 Å². The van der Waals surface area contributed by atoms with Crippen molar-refractivity contribution in [2.45, 2.75) is 58.4 Å². The lowest BCUT2D eigenvalue weighted by molar-refractivity contribution is 0.284. The van der Waals surface area contributed by atoms with Gasteiger partial charge < -0.3 is 5.32 Å². The summed E-state index contributed by atoms with van der Waals surface area (Å²) in [6.07, 6.45) is 10.3. The largest absolute Gasteiger partial charge is 0.316 e. The topological polar surface area (TPSA) is 15.3 Å². The fraction of sp³-hybridized carbons (Fsp3) is 0.875. The third kappa shape index (κ3) is 7.88. The fourth-order valence-corrected chi connectivity index (χ4v) is 2.34. The van der Waals surface area contributed by atoms with Gasteiger partial charge >= 0.3 is 0 Å². The zero-order valence-corrected chi connectivity index (χ0v) is 12.5. The highest BCUT2D eigenvalue weighted by atomic mass is 15.2. The molecule has 2 heteroatoms. The number of nitrogens with zero attached hydrogens (tertiary/aromatic N) is 1. The molecule has 0 aromatic heterocycles. The Labute approximate surface area is 114 Å². The maximum Gasteiger partial charge on any atom is 0.0163 e. The van der Waals surface area contributed by atoms with E-state index in [2.05, 4.69) is 30.6 Å². The van der Waals surface area contributed by atoms with Gasteiger partial charge in [-0.3, -0.25) is 4.90 Å². The van der Waals surface area contributed by atoms with Gasteiger partial charge in [-0.1, -0.05) is 32.8 Å². The van der Waals surface area contributed by atoms with E-state index in [1.165, 1.54) is 51.6 Å². The highest BCUT2D eigenvalue weighted by Crippen LogP contribution is 2.26. The van der Waals surface area contributed by atoms with Crippen LogP contribution in [-0.2, 0) is 0 Å². The second kappa shape index (κ2) is 9.57. The summed E-state index contributed by atoms with van der Waals surface area (Å²) in [7, 11) is 0. The van der Waals surface area contributed by atoms with Gasteiger partial charge in [0, 0.05) is 12.6 Å². The molecule has 0 atom stereocenters. The minimum atomic E-state index is 0.774. The molecule has 18 heavy (non-hydrogen) atoms. The second-order valence-electron chi connectivity index (χ2n) is 6.03. The van der Waals surface area contributed by atoms with Crippen molar-refractivity contribution in [3.8, 4) is 0 Å². The molecule has 0 aromatic carbocycles. The monoisotopic (exact) mass is 252 g/mol. The summed E-state index contributed by atoms with van der Waals surface area (Å²) in [4.78, 5) is 2.60. The van der Waals surface area contributed by atoms with E-state index in [9.17, 15) is 0 Å². The lowest BCUT2D eigenvalue weighted by Gasteiger charge is -2.19. The number of hydrogen-bond donors (Lipinski definition) is 1. The van der Waals surface area contributed by atoms with Crippen LogP contribution >= 0.6 is 0 Å². The Kier molecular flexibility index (Phi) is 8.36. The van der Waals surface area contributed by atoms with E-state index in [0.717, 1.165) is 25.0 Å². The third-order valence-corrected chi connectivity index (χ3v) is 3.53. The Hall–Kier alpha value is -0.340. The molecule has 0 heterocycles. The number of rotatable bonds is 12. The Morgan fingerprint density at radius 3 is 2.56 bits per heavy atom. The maximum atomic E-state index is 3.85. The van der Waals surface area contributed by atoms with E-state index in [1.54, 1.807) is 0 Å². The van der Waals surface area contributed by atoms with Gasteiger partial charge in [0.05, 0.1) is 0 Å². The average molecular weight is 252 g/mol. The molecule has 2 nitrogen and oxygen atoms in total. The van der Waals surface area contributed by atoms with E-state index >= 15 is 0 Å². The van der Waals surface area contributed by atoms with Crippen molar-refractivity contribution in [2.24, 2.45) is 5.92 Å². The zero-order valence-electron chi connectivity index (χ0n) is 12.5. The van der Waals surface area contributed by atoms with E-state index < -0.39 is 0 Å². The van der Waals surface area contributed by atoms with Crippen LogP contribution in [0.15, 0.2) is 12.7 Å². The summed E-state index contributed by atoms with van der Waals surface area (Å²) in [5.41, 5.74) is 0. The summed E-state index contributed by atoms with van der Waals surface area (Å²) in [6, 6.07) is 0.885. The number of unbranched alkanes of at least 4 members (excludes halogenated alkanes) is 3. The predicted octanol–water partition coefficient (Wildman–Crippen LogP) is 3.44. The lowest BCUT2D eigenvalue weighted by Crippen LogP contribution is -2.27. The van der Waals surface area contributed by atoms with Crippen LogP contribution in [0.3, 0.4) is 0 Å². The smallest absolute Gasteiger partial charge is 0.0163 e. The first-order valence-corrected chi connectivity index (χ1v) is 7.79. The van der Waals surface area contributed by atoms with Crippen LogP contribution in [0.5, 0.6) is 0 Å². The Bertz CT molecular complexity index is 209. The highest BCUT2D eigenvalue weighted by Gasteiger charge is 2.27. The van der Waals surface area contributed by atoms with Crippen molar-refractivity contribution in [3.63, 3.8) is 0 Å². The summed E-state index contributed by atoms with van der Waals surface area (Å²) in [6.45, 7) is 13.1. The first kappa shape index (κ1) is 15.7. The predicted molar refractivity (Wildman–Crippen MR) is 81.0 cm³/mol. The van der Waals surface area contributed by atoms with Gasteiger partial charge in [-0.2, -0.15) is 0 Å². The molecule has 0 radical (unpaired) electrons. The average Bonchev–Trinajstić information content (AvgIpc) is 3.14. The molecule has 1 saturated carbocycles. The molecule has 1 fully saturated rings. The molecule has 0 saturated heterocycles. The van der Waals surface area contributed by atoms with Crippen LogP contribution in [0.2, 0.25) is 0 Å². The molecular weight excluding hydrogens is 220 g/mol. The van der Waals surface area contributed by atoms with Crippen molar-refractivity contribution in [3.05, 3.63) is 12.7 Å². The van der Waals surface area contributed by atoms with Gasteiger partial charge in [-0.25, -0.2) is 0 Å². The SMILES string of the molecule is C=CCN(CCCCCCNCC(C)C)C1CC1. The van der Waals surface area contributed by atoms with E-state index in [0.29, 0.717) is 0 Å². The van der Waals surface area contributed by atoms with Crippen molar-refractivity contribution < 1.29 is 0 Å². The molecule has 1 aliphatic carbocycles. The van der Waals surface area contributed by atoms with Gasteiger partial charge in [-0.15, -0.1) is 6.58 Å². The number of hydrogen-bond acceptors (Lipinski definition) is 2. The molecule has 1 N–H and O–H groups in total. The van der Waals surface area contributed by atoms with Crippen molar-refractivity contribution in [1.82, 2.24) is 10.2 Å². The molecule has 0 amide bonds. The van der Waals surface area contributed by atoms with Crippen LogP contribution in [-0.4, -0.2) is 37.1 Å². The fourth-order valence-electron chi connectivity index (χ4n) is 2.34. The van der Waals surface area contributed by atoms with Crippen LogP contribution in [0.1, 0.15) is 52.4 Å². The molecule has 0 aliphatic heterocycles. The molecule has 1 aliphatic rings. The van der Waals surface area contributed by atoms with Gasteiger partial charge in [0.25, 0.3) is 0 Å². The van der Waals surface area contributed by atoms with Crippen LogP contribution in [0.25, 0.3) is 0 Å². The normalized spacial score (nSPS) is 15.6. The zero-order chi connectivity index (χ0) is 13.2. The van der Waals surface area contributed by atoms with Gasteiger partial charge in [0.15, 0.2) is 0 Å². The standard InChI is InChI=1S/C16H32N2/c1-4-12-18(16-9-10-16)13-8-6-5-7-11-17-14-15(2)3/h4,15-17H,1,5-14H2,2-3H3. The summed E-state index contributed by atoms with van der Waals surface area (Å²) < 4.78 is 0. The Balaban J connectivity index is 1.86. The first-order valence-electron chi connectivity index (χ1n) is 7.79. The summed E-state index contributed by atoms with van der Waals surface area (Å²) >= 11 is 0. The van der Waals surface area contributed by atoms with Crippen LogP contribution < -0.4 is 5.32 Å². The molecule has 106 valence electrons. The van der Waals surface area contributed by atoms with Gasteiger partial charge in [0.2, 0.25) is 0 Å². The third-order valence-electron chi connectivity index (χ3n) is 3.53. The second-order valence-corrected chi connectivity index (χ2v) is 6.03. The number of nitrogens with one attached hydrogen (secondary N) is 1. The summed E-state index contributed by atoms with van der Waals surface area (Å²) in [5, 5.41) is 3.51. The summed E-state index contributed by atoms with van der Waals surface area (Å²) in [5.74, 6) is 0.774. The molecule has 0 bridgehead atoms. The van der Waals surface area contributed by atoms with Crippen molar-refractivity contribution in [2.75, 3.05) is 26.2 Å². The molecule has 0 aromatic rings. The molecular formula is C16H32N2. The Morgan fingerprint density at radius 1 is 1.22 bits per heavy atom. The highest BCUT2D eigenvalue weighted by molar-refractivity contribution is 4.87. The van der Waals surface area contributed by atoms with E-state index in [1.807, 2.05) is 6.08 Å². The van der Waals surface area contributed by atoms with Gasteiger partial charge in [0.1, 0.15) is 0 Å². The van der Waals surface area contributed by atoms with Crippen LogP contribution in [0.4, 0.5) is 0 Å². The van der Waals surface area contributed by atoms with E-state index in [-0.39, 0.29) is 0 Å². The lowest BCUT2D eigenvalue weighted by atomic mass is 10.1. The van der Waals surface area contributed by atoms with Crippen LogP contribution in [0, 0.1) is 5.92 Å². The Morgan fingerprint density at radius 2 is 1.94 bits per heavy atom. The molecule has 1 rings (SSSR count). The molecule has 0 unspecified atom stereocenters. The molecule has 0 spiro atoms. The minimum Gasteiger partial charge on any atom is -0.316 e. The quantitative estimate of drug-likeness (QED) is 0.423. The minimum absolute atomic E-state index is 0.774.